The third kappa shape index (κ3) is 3.33. The van der Waals surface area contributed by atoms with Crippen LogP contribution in [0.3, 0.4) is 0 Å². The molecule has 6 N–H and O–H groups in total. The van der Waals surface area contributed by atoms with Crippen molar-refractivity contribution in [1.29, 1.82) is 0 Å². The molecule has 0 radical (unpaired) electrons. The minimum absolute atomic E-state index is 0.164. The van der Waals surface area contributed by atoms with Gasteiger partial charge in [-0.3, -0.25) is 9.67 Å². The van der Waals surface area contributed by atoms with Crippen LogP contribution in [-0.2, 0) is 11.2 Å². The summed E-state index contributed by atoms with van der Waals surface area (Å²) in [6.07, 6.45) is -0.748. The first-order chi connectivity index (χ1) is 15.1. The lowest BCUT2D eigenvalue weighted by Crippen LogP contribution is -2.33. The highest BCUT2D eigenvalue weighted by molar-refractivity contribution is 5.84. The fourth-order valence-electron chi connectivity index (χ4n) is 3.80. The first-order valence-corrected chi connectivity index (χ1v) is 9.76. The number of aromatic nitrogens is 6. The Morgan fingerprint density at radius 1 is 1.13 bits per heavy atom. The van der Waals surface area contributed by atoms with Gasteiger partial charge >= 0.3 is 0 Å². The van der Waals surface area contributed by atoms with E-state index in [-0.39, 0.29) is 5.82 Å². The number of benzene rings is 1. The van der Waals surface area contributed by atoms with E-state index in [0.29, 0.717) is 29.0 Å². The zero-order chi connectivity index (χ0) is 21.5. The molecule has 1 aliphatic heterocycles. The van der Waals surface area contributed by atoms with Crippen LogP contribution in [0.4, 0.5) is 5.82 Å². The zero-order valence-corrected chi connectivity index (χ0v) is 16.3. The predicted molar refractivity (Wildman–Crippen MR) is 110 cm³/mol. The van der Waals surface area contributed by atoms with Crippen molar-refractivity contribution in [2.24, 2.45) is 0 Å². The van der Waals surface area contributed by atoms with E-state index >= 15 is 0 Å². The van der Waals surface area contributed by atoms with Crippen LogP contribution in [0.25, 0.3) is 22.6 Å². The Morgan fingerprint density at radius 2 is 1.94 bits per heavy atom. The summed E-state index contributed by atoms with van der Waals surface area (Å²) in [4.78, 5) is 13.2. The SMILES string of the molecule is Nc1nc(-c2cn[nH]c2Cc2ccccc2)nc2c1ncn2C1OC(CO)C(O)C1O. The predicted octanol–water partition coefficient (Wildman–Crippen LogP) is 0.000900. The number of hydrogen-bond acceptors (Lipinski definition) is 9. The number of aromatic amines is 1. The zero-order valence-electron chi connectivity index (χ0n) is 16.3. The summed E-state index contributed by atoms with van der Waals surface area (Å²) < 4.78 is 7.10. The lowest BCUT2D eigenvalue weighted by molar-refractivity contribution is -0.0511. The van der Waals surface area contributed by atoms with Crippen LogP contribution >= 0.6 is 0 Å². The number of nitrogens with zero attached hydrogens (tertiary/aromatic N) is 5. The van der Waals surface area contributed by atoms with E-state index < -0.39 is 31.1 Å². The molecule has 4 unspecified atom stereocenters. The van der Waals surface area contributed by atoms with Crippen LogP contribution in [0.1, 0.15) is 17.5 Å². The molecule has 4 heterocycles. The molecule has 4 aromatic rings. The van der Waals surface area contributed by atoms with E-state index in [2.05, 4.69) is 25.1 Å². The number of hydrogen-bond donors (Lipinski definition) is 5. The Balaban J connectivity index is 1.55. The first kappa shape index (κ1) is 19.6. The number of nitrogens with one attached hydrogen (secondary N) is 1. The average molecular weight is 423 g/mol. The van der Waals surface area contributed by atoms with Gasteiger partial charge < -0.3 is 25.8 Å². The Kier molecular flexibility index (Phi) is 4.87. The summed E-state index contributed by atoms with van der Waals surface area (Å²) in [5.41, 5.74) is 9.43. The maximum Gasteiger partial charge on any atom is 0.168 e. The largest absolute Gasteiger partial charge is 0.394 e. The van der Waals surface area contributed by atoms with Crippen molar-refractivity contribution in [3.05, 3.63) is 54.1 Å². The van der Waals surface area contributed by atoms with Gasteiger partial charge in [0.25, 0.3) is 0 Å². The molecule has 4 atom stereocenters. The molecule has 1 saturated heterocycles. The van der Waals surface area contributed by atoms with Gasteiger partial charge in [-0.2, -0.15) is 5.10 Å². The number of rotatable bonds is 5. The summed E-state index contributed by atoms with van der Waals surface area (Å²) >= 11 is 0. The minimum atomic E-state index is -1.27. The second-order valence-corrected chi connectivity index (χ2v) is 7.41. The highest BCUT2D eigenvalue weighted by atomic mass is 16.6. The number of nitrogen functional groups attached to an aromatic ring is 1. The van der Waals surface area contributed by atoms with Crippen molar-refractivity contribution in [1.82, 2.24) is 29.7 Å². The number of nitrogens with two attached hydrogens (primary N) is 1. The van der Waals surface area contributed by atoms with Crippen molar-refractivity contribution in [3.63, 3.8) is 0 Å². The molecule has 11 heteroatoms. The van der Waals surface area contributed by atoms with Crippen molar-refractivity contribution < 1.29 is 20.1 Å². The monoisotopic (exact) mass is 423 g/mol. The highest BCUT2D eigenvalue weighted by Crippen LogP contribution is 2.33. The van der Waals surface area contributed by atoms with E-state index in [1.54, 1.807) is 6.20 Å². The average Bonchev–Trinajstić information content (AvgIpc) is 3.48. The van der Waals surface area contributed by atoms with Crippen LogP contribution in [0.15, 0.2) is 42.9 Å². The molecule has 0 saturated carbocycles. The lowest BCUT2D eigenvalue weighted by Gasteiger charge is -2.16. The maximum atomic E-state index is 10.4. The van der Waals surface area contributed by atoms with Crippen LogP contribution in [-0.4, -0.2) is 70.0 Å². The molecular weight excluding hydrogens is 402 g/mol. The number of fused-ring (bicyclic) bond motifs is 1. The van der Waals surface area contributed by atoms with Crippen molar-refractivity contribution >= 4 is 17.0 Å². The highest BCUT2D eigenvalue weighted by Gasteiger charge is 2.44. The molecule has 0 aliphatic carbocycles. The minimum Gasteiger partial charge on any atom is -0.394 e. The van der Waals surface area contributed by atoms with Crippen LogP contribution in [0.2, 0.25) is 0 Å². The second-order valence-electron chi connectivity index (χ2n) is 7.41. The molecule has 3 aromatic heterocycles. The molecule has 0 amide bonds. The maximum absolute atomic E-state index is 10.4. The molecule has 0 spiro atoms. The number of aliphatic hydroxyl groups excluding tert-OH is 3. The number of H-pyrrole nitrogens is 1. The third-order valence-corrected chi connectivity index (χ3v) is 5.42. The number of imidazole rings is 1. The fourth-order valence-corrected chi connectivity index (χ4v) is 3.80. The Labute approximate surface area is 176 Å². The number of aliphatic hydroxyl groups is 3. The van der Waals surface area contributed by atoms with Gasteiger partial charge in [-0.05, 0) is 5.56 Å². The van der Waals surface area contributed by atoms with Gasteiger partial charge in [-0.15, -0.1) is 0 Å². The molecule has 11 nitrogen and oxygen atoms in total. The molecule has 1 aromatic carbocycles. The van der Waals surface area contributed by atoms with Crippen LogP contribution < -0.4 is 5.73 Å². The van der Waals surface area contributed by atoms with E-state index in [9.17, 15) is 15.3 Å². The van der Waals surface area contributed by atoms with Crippen LogP contribution in [0, 0.1) is 0 Å². The quantitative estimate of drug-likeness (QED) is 0.297. The van der Waals surface area contributed by atoms with Gasteiger partial charge in [0.05, 0.1) is 30.4 Å². The van der Waals surface area contributed by atoms with Gasteiger partial charge in [-0.1, -0.05) is 30.3 Å². The van der Waals surface area contributed by atoms with Gasteiger partial charge in [0.2, 0.25) is 0 Å². The van der Waals surface area contributed by atoms with Gasteiger partial charge in [0, 0.05) is 6.42 Å². The van der Waals surface area contributed by atoms with Crippen LogP contribution in [0.5, 0.6) is 0 Å². The summed E-state index contributed by atoms with van der Waals surface area (Å²) in [6, 6.07) is 9.91. The molecule has 31 heavy (non-hydrogen) atoms. The number of anilines is 1. The normalized spacial score (nSPS) is 23.6. The summed E-state index contributed by atoms with van der Waals surface area (Å²) in [6.45, 7) is -0.429. The van der Waals surface area contributed by atoms with Gasteiger partial charge in [0.1, 0.15) is 23.8 Å². The Morgan fingerprint density at radius 3 is 2.68 bits per heavy atom. The Hall–Kier alpha value is -3.38. The molecular formula is C20H21N7O4. The molecule has 1 aliphatic rings. The standard InChI is InChI=1S/C20H21N7O4/c21-17-14-19(27(9-22-14)20-16(30)15(29)13(8-28)31-20)25-18(24-17)11-7-23-26-12(11)6-10-4-2-1-3-5-10/h1-5,7,9,13,15-16,20,28-30H,6,8H2,(H,23,26)(H2,21,24,25). The first-order valence-electron chi connectivity index (χ1n) is 9.76. The summed E-state index contributed by atoms with van der Waals surface area (Å²) in [5, 5.41) is 37.0. The second kappa shape index (κ2) is 7.71. The Bertz CT molecular complexity index is 1210. The third-order valence-electron chi connectivity index (χ3n) is 5.42. The van der Waals surface area contributed by atoms with Crippen molar-refractivity contribution in [2.45, 2.75) is 31.0 Å². The fraction of sp³-hybridized carbons (Fsp3) is 0.300. The summed E-state index contributed by atoms with van der Waals surface area (Å²) in [5.74, 6) is 0.510. The summed E-state index contributed by atoms with van der Waals surface area (Å²) in [7, 11) is 0. The van der Waals surface area contributed by atoms with E-state index in [4.69, 9.17) is 10.5 Å². The lowest BCUT2D eigenvalue weighted by atomic mass is 10.1. The van der Waals surface area contributed by atoms with Crippen molar-refractivity contribution in [2.75, 3.05) is 12.3 Å². The molecule has 5 rings (SSSR count). The van der Waals surface area contributed by atoms with Gasteiger partial charge in [0.15, 0.2) is 23.5 Å². The van der Waals surface area contributed by atoms with Gasteiger partial charge in [-0.25, -0.2) is 15.0 Å². The smallest absolute Gasteiger partial charge is 0.168 e. The molecule has 160 valence electrons. The molecule has 1 fully saturated rings. The van der Waals surface area contributed by atoms with Crippen molar-refractivity contribution in [3.8, 4) is 11.4 Å². The topological polar surface area (TPSA) is 168 Å². The number of ether oxygens (including phenoxy) is 1. The molecule has 0 bridgehead atoms. The van der Waals surface area contributed by atoms with E-state index in [1.807, 2.05) is 30.3 Å². The van der Waals surface area contributed by atoms with E-state index in [0.717, 1.165) is 11.3 Å². The van der Waals surface area contributed by atoms with E-state index in [1.165, 1.54) is 10.9 Å².